The summed E-state index contributed by atoms with van der Waals surface area (Å²) in [6, 6.07) is 0. The Morgan fingerprint density at radius 3 is 2.60 bits per heavy atom. The molecule has 0 saturated carbocycles. The van der Waals surface area contributed by atoms with Gasteiger partial charge in [-0.15, -0.1) is 0 Å². The molecule has 5 nitrogen and oxygen atoms in total. The predicted molar refractivity (Wildman–Crippen MR) is 81.7 cm³/mol. The van der Waals surface area contributed by atoms with Crippen molar-refractivity contribution in [1.29, 1.82) is 0 Å². The van der Waals surface area contributed by atoms with Gasteiger partial charge in [0, 0.05) is 13.2 Å². The number of rotatable bonds is 13. The van der Waals surface area contributed by atoms with E-state index in [1.165, 1.54) is 0 Å². The van der Waals surface area contributed by atoms with E-state index < -0.39 is 5.54 Å². The Labute approximate surface area is 123 Å². The van der Waals surface area contributed by atoms with E-state index in [4.69, 9.17) is 15.2 Å². The lowest BCUT2D eigenvalue weighted by Crippen LogP contribution is -2.53. The van der Waals surface area contributed by atoms with Gasteiger partial charge in [-0.3, -0.25) is 4.79 Å². The fourth-order valence-corrected chi connectivity index (χ4v) is 1.90. The Morgan fingerprint density at radius 2 is 2.05 bits per heavy atom. The number of amides is 1. The van der Waals surface area contributed by atoms with E-state index in [1.54, 1.807) is 0 Å². The molecular formula is C15H32N2O3. The van der Waals surface area contributed by atoms with Crippen molar-refractivity contribution in [2.75, 3.05) is 26.4 Å². The molecule has 2 atom stereocenters. The first-order chi connectivity index (χ1) is 9.46. The molecule has 1 amide bonds. The third-order valence-electron chi connectivity index (χ3n) is 3.34. The van der Waals surface area contributed by atoms with Gasteiger partial charge in [0.25, 0.3) is 0 Å². The Kier molecular flexibility index (Phi) is 10.7. The summed E-state index contributed by atoms with van der Waals surface area (Å²) in [6.45, 7) is 10.8. The summed E-state index contributed by atoms with van der Waals surface area (Å²) in [7, 11) is 0. The second kappa shape index (κ2) is 11.1. The van der Waals surface area contributed by atoms with Crippen LogP contribution in [0.15, 0.2) is 0 Å². The first kappa shape index (κ1) is 19.4. The third-order valence-corrected chi connectivity index (χ3v) is 3.34. The van der Waals surface area contributed by atoms with E-state index in [1.807, 2.05) is 20.8 Å². The van der Waals surface area contributed by atoms with Crippen LogP contribution in [0.4, 0.5) is 0 Å². The number of carbonyl (C=O) groups excluding carboxylic acids is 1. The van der Waals surface area contributed by atoms with Crippen LogP contribution in [0.5, 0.6) is 0 Å². The van der Waals surface area contributed by atoms with Crippen LogP contribution in [0.2, 0.25) is 0 Å². The molecule has 120 valence electrons. The minimum Gasteiger partial charge on any atom is -0.379 e. The summed E-state index contributed by atoms with van der Waals surface area (Å²) >= 11 is 0. The van der Waals surface area contributed by atoms with Crippen molar-refractivity contribution in [2.45, 2.75) is 65.0 Å². The van der Waals surface area contributed by atoms with E-state index >= 15 is 0 Å². The molecule has 0 spiro atoms. The second-order valence-electron chi connectivity index (χ2n) is 5.42. The molecule has 0 rings (SSSR count). The molecule has 0 aliphatic carbocycles. The first-order valence-electron chi connectivity index (χ1n) is 7.70. The van der Waals surface area contributed by atoms with Gasteiger partial charge in [0.2, 0.25) is 5.91 Å². The highest BCUT2D eigenvalue weighted by molar-refractivity contribution is 5.84. The maximum absolute atomic E-state index is 11.5. The van der Waals surface area contributed by atoms with Gasteiger partial charge < -0.3 is 20.5 Å². The minimum absolute atomic E-state index is 0.121. The van der Waals surface area contributed by atoms with Gasteiger partial charge in [0.15, 0.2) is 0 Å². The minimum atomic E-state index is -0.604. The molecule has 0 fully saturated rings. The molecular weight excluding hydrogens is 256 g/mol. The molecule has 20 heavy (non-hydrogen) atoms. The van der Waals surface area contributed by atoms with Crippen LogP contribution in [-0.2, 0) is 14.3 Å². The van der Waals surface area contributed by atoms with Crippen molar-refractivity contribution in [3.05, 3.63) is 0 Å². The van der Waals surface area contributed by atoms with E-state index in [0.717, 1.165) is 32.2 Å². The lowest BCUT2D eigenvalue weighted by molar-refractivity contribution is -0.124. The van der Waals surface area contributed by atoms with E-state index in [9.17, 15) is 4.79 Å². The van der Waals surface area contributed by atoms with Crippen LogP contribution in [0.1, 0.15) is 53.4 Å². The lowest BCUT2D eigenvalue weighted by Gasteiger charge is -2.27. The summed E-state index contributed by atoms with van der Waals surface area (Å²) < 4.78 is 10.9. The first-order valence-corrected chi connectivity index (χ1v) is 7.70. The molecule has 0 radical (unpaired) electrons. The van der Waals surface area contributed by atoms with E-state index in [-0.39, 0.29) is 12.0 Å². The monoisotopic (exact) mass is 288 g/mol. The van der Waals surface area contributed by atoms with Crippen LogP contribution in [-0.4, -0.2) is 43.9 Å². The van der Waals surface area contributed by atoms with Crippen molar-refractivity contribution in [3.8, 4) is 0 Å². The zero-order valence-corrected chi connectivity index (χ0v) is 13.5. The largest absolute Gasteiger partial charge is 0.379 e. The van der Waals surface area contributed by atoms with Gasteiger partial charge in [0.05, 0.1) is 18.2 Å². The normalized spacial score (nSPS) is 15.8. The van der Waals surface area contributed by atoms with Gasteiger partial charge in [-0.25, -0.2) is 0 Å². The lowest BCUT2D eigenvalue weighted by atomic mass is 9.94. The molecule has 0 saturated heterocycles. The summed E-state index contributed by atoms with van der Waals surface area (Å²) in [5, 5.41) is 3.24. The number of primary amides is 1. The smallest absolute Gasteiger partial charge is 0.237 e. The summed E-state index contributed by atoms with van der Waals surface area (Å²) in [5.74, 6) is -0.281. The average molecular weight is 288 g/mol. The number of carbonyl (C=O) groups is 1. The molecule has 0 aliphatic rings. The maximum atomic E-state index is 11.5. The van der Waals surface area contributed by atoms with Crippen molar-refractivity contribution >= 4 is 5.91 Å². The van der Waals surface area contributed by atoms with Crippen LogP contribution < -0.4 is 11.1 Å². The van der Waals surface area contributed by atoms with E-state index in [0.29, 0.717) is 19.8 Å². The van der Waals surface area contributed by atoms with Gasteiger partial charge in [-0.1, -0.05) is 6.92 Å². The highest BCUT2D eigenvalue weighted by Gasteiger charge is 2.29. The molecule has 0 aromatic heterocycles. The molecule has 0 bridgehead atoms. The van der Waals surface area contributed by atoms with E-state index in [2.05, 4.69) is 12.2 Å². The SMILES string of the molecule is CCCNC(C)(CCCCOC(C)COCC)C(N)=O. The van der Waals surface area contributed by atoms with Gasteiger partial charge in [0.1, 0.15) is 0 Å². The maximum Gasteiger partial charge on any atom is 0.237 e. The van der Waals surface area contributed by atoms with Crippen LogP contribution >= 0.6 is 0 Å². The molecule has 0 aliphatic heterocycles. The topological polar surface area (TPSA) is 73.6 Å². The average Bonchev–Trinajstić information content (AvgIpc) is 2.42. The fraction of sp³-hybridized carbons (Fsp3) is 0.933. The zero-order chi connectivity index (χ0) is 15.4. The number of nitrogens with two attached hydrogens (primary N) is 1. The summed E-state index contributed by atoms with van der Waals surface area (Å²) in [5.41, 5.74) is 4.88. The quantitative estimate of drug-likeness (QED) is 0.507. The molecule has 2 unspecified atom stereocenters. The van der Waals surface area contributed by atoms with Gasteiger partial charge >= 0.3 is 0 Å². The highest BCUT2D eigenvalue weighted by atomic mass is 16.5. The second-order valence-corrected chi connectivity index (χ2v) is 5.42. The molecule has 3 N–H and O–H groups in total. The van der Waals surface area contributed by atoms with Crippen LogP contribution in [0, 0.1) is 0 Å². The van der Waals surface area contributed by atoms with Crippen molar-refractivity contribution in [3.63, 3.8) is 0 Å². The van der Waals surface area contributed by atoms with Crippen molar-refractivity contribution in [2.24, 2.45) is 5.73 Å². The number of ether oxygens (including phenoxy) is 2. The fourth-order valence-electron chi connectivity index (χ4n) is 1.90. The highest BCUT2D eigenvalue weighted by Crippen LogP contribution is 2.14. The third kappa shape index (κ3) is 8.51. The molecule has 0 aromatic carbocycles. The number of hydrogen-bond acceptors (Lipinski definition) is 4. The number of unbranched alkanes of at least 4 members (excludes halogenated alkanes) is 1. The van der Waals surface area contributed by atoms with Crippen LogP contribution in [0.25, 0.3) is 0 Å². The summed E-state index contributed by atoms with van der Waals surface area (Å²) in [4.78, 5) is 11.5. The molecule has 0 aromatic rings. The Balaban J connectivity index is 3.81. The molecule has 5 heteroatoms. The number of nitrogens with one attached hydrogen (secondary N) is 1. The Morgan fingerprint density at radius 1 is 1.35 bits per heavy atom. The van der Waals surface area contributed by atoms with Gasteiger partial charge in [-0.2, -0.15) is 0 Å². The Hall–Kier alpha value is -0.650. The molecule has 0 heterocycles. The van der Waals surface area contributed by atoms with Crippen molar-refractivity contribution in [1.82, 2.24) is 5.32 Å². The summed E-state index contributed by atoms with van der Waals surface area (Å²) in [6.07, 6.45) is 3.69. The predicted octanol–water partition coefficient (Wildman–Crippen LogP) is 1.84. The zero-order valence-electron chi connectivity index (χ0n) is 13.5. The number of hydrogen-bond donors (Lipinski definition) is 2. The van der Waals surface area contributed by atoms with Crippen molar-refractivity contribution < 1.29 is 14.3 Å². The van der Waals surface area contributed by atoms with Crippen LogP contribution in [0.3, 0.4) is 0 Å². The van der Waals surface area contributed by atoms with Gasteiger partial charge in [-0.05, 0) is 53.0 Å². The standard InChI is InChI=1S/C15H32N2O3/c1-5-10-17-15(4,14(16)18)9-7-8-11-20-13(3)12-19-6-2/h13,17H,5-12H2,1-4H3,(H2,16,18). The Bertz CT molecular complexity index is 262.